The number of unbranched alkanes of at least 4 members (excludes halogenated alkanes) is 4. The smallest absolute Gasteiger partial charge is 0.381 e. The zero-order valence-corrected chi connectivity index (χ0v) is 9.97. The molecular weight excluding hydrogens is 214 g/mol. The zero-order chi connectivity index (χ0) is 12.4. The van der Waals surface area contributed by atoms with Gasteiger partial charge in [0.15, 0.2) is 0 Å². The van der Waals surface area contributed by atoms with Gasteiger partial charge in [0.05, 0.1) is 6.61 Å². The minimum atomic E-state index is -3.49. The molecule has 16 heavy (non-hydrogen) atoms. The van der Waals surface area contributed by atoms with Gasteiger partial charge >= 0.3 is 11.9 Å². The Hall–Kier alpha value is -0.930. The third-order valence-electron chi connectivity index (χ3n) is 2.10. The van der Waals surface area contributed by atoms with Gasteiger partial charge in [-0.05, 0) is 25.8 Å². The monoisotopic (exact) mass is 234 g/mol. The van der Waals surface area contributed by atoms with E-state index in [4.69, 9.17) is 0 Å². The minimum Gasteiger partial charge on any atom is -0.461 e. The van der Waals surface area contributed by atoms with Crippen LogP contribution in [0.1, 0.15) is 46.0 Å². The quantitative estimate of drug-likeness (QED) is 0.363. The molecule has 0 saturated carbocycles. The Morgan fingerprint density at radius 1 is 1.25 bits per heavy atom. The summed E-state index contributed by atoms with van der Waals surface area (Å²) in [5, 5.41) is 0. The molecule has 0 unspecified atom stereocenters. The third-order valence-corrected chi connectivity index (χ3v) is 2.10. The molecule has 0 aromatic heterocycles. The van der Waals surface area contributed by atoms with Crippen LogP contribution in [0.4, 0.5) is 8.78 Å². The fourth-order valence-corrected chi connectivity index (χ4v) is 1.22. The van der Waals surface area contributed by atoms with E-state index in [1.54, 1.807) is 0 Å². The van der Waals surface area contributed by atoms with Gasteiger partial charge in [0, 0.05) is 0 Å². The summed E-state index contributed by atoms with van der Waals surface area (Å²) in [6.07, 6.45) is 6.71. The molecule has 0 spiro atoms. The van der Waals surface area contributed by atoms with Gasteiger partial charge in [0.25, 0.3) is 0 Å². The van der Waals surface area contributed by atoms with Crippen LogP contribution in [0.2, 0.25) is 0 Å². The van der Waals surface area contributed by atoms with E-state index in [0.717, 1.165) is 25.7 Å². The maximum Gasteiger partial charge on any atom is 0.381 e. The number of alkyl halides is 2. The number of hydrogen-bond donors (Lipinski definition) is 0. The Bertz CT molecular complexity index is 225. The van der Waals surface area contributed by atoms with Crippen molar-refractivity contribution in [1.29, 1.82) is 0 Å². The first kappa shape index (κ1) is 15.1. The molecule has 0 heterocycles. The number of allylic oxidation sites excluding steroid dienone is 1. The first-order chi connectivity index (χ1) is 7.54. The molecule has 0 N–H and O–H groups in total. The van der Waals surface area contributed by atoms with E-state index in [9.17, 15) is 13.6 Å². The molecule has 0 atom stereocenters. The Labute approximate surface area is 95.7 Å². The lowest BCUT2D eigenvalue weighted by molar-refractivity contribution is -0.164. The predicted octanol–water partition coefficient (Wildman–Crippen LogP) is 3.71. The van der Waals surface area contributed by atoms with Gasteiger partial charge in [-0.25, -0.2) is 4.79 Å². The normalized spacial score (nSPS) is 12.0. The van der Waals surface area contributed by atoms with Crippen LogP contribution in [0, 0.1) is 0 Å². The number of carbonyl (C=O) groups excluding carboxylic acids is 1. The lowest BCUT2D eigenvalue weighted by Crippen LogP contribution is -2.28. The van der Waals surface area contributed by atoms with Crippen molar-refractivity contribution >= 4 is 5.97 Å². The molecule has 0 fully saturated rings. The second-order valence-electron chi connectivity index (χ2n) is 3.60. The van der Waals surface area contributed by atoms with Crippen molar-refractivity contribution in [3.05, 3.63) is 12.2 Å². The van der Waals surface area contributed by atoms with Gasteiger partial charge in [0.1, 0.15) is 0 Å². The van der Waals surface area contributed by atoms with Crippen LogP contribution in [-0.4, -0.2) is 18.5 Å². The van der Waals surface area contributed by atoms with Gasteiger partial charge < -0.3 is 4.74 Å². The number of halogens is 2. The lowest BCUT2D eigenvalue weighted by atomic mass is 10.1. The fraction of sp³-hybridized carbons (Fsp3) is 0.750. The molecule has 0 saturated heterocycles. The third kappa shape index (κ3) is 6.53. The van der Waals surface area contributed by atoms with Crippen molar-refractivity contribution < 1.29 is 18.3 Å². The van der Waals surface area contributed by atoms with E-state index in [0.29, 0.717) is 12.5 Å². The van der Waals surface area contributed by atoms with Crippen molar-refractivity contribution in [3.8, 4) is 0 Å². The average molecular weight is 234 g/mol. The first-order valence-electron chi connectivity index (χ1n) is 5.77. The largest absolute Gasteiger partial charge is 0.461 e. The fourth-order valence-electron chi connectivity index (χ4n) is 1.22. The molecule has 94 valence electrons. The molecule has 0 aromatic carbocycles. The highest BCUT2D eigenvalue weighted by Crippen LogP contribution is 2.18. The van der Waals surface area contributed by atoms with Gasteiger partial charge in [-0.15, -0.1) is 0 Å². The van der Waals surface area contributed by atoms with Gasteiger partial charge in [0.2, 0.25) is 0 Å². The number of hydrogen-bond acceptors (Lipinski definition) is 2. The maximum atomic E-state index is 13.0. The summed E-state index contributed by atoms with van der Waals surface area (Å²) in [6, 6.07) is 0. The van der Waals surface area contributed by atoms with Crippen LogP contribution in [0.25, 0.3) is 0 Å². The van der Waals surface area contributed by atoms with Crippen molar-refractivity contribution in [1.82, 2.24) is 0 Å². The summed E-state index contributed by atoms with van der Waals surface area (Å²) in [6.45, 7) is 3.56. The molecule has 0 aromatic rings. The molecule has 4 heteroatoms. The zero-order valence-electron chi connectivity index (χ0n) is 9.97. The van der Waals surface area contributed by atoms with Crippen LogP contribution in [0.3, 0.4) is 0 Å². The van der Waals surface area contributed by atoms with Crippen LogP contribution in [0.15, 0.2) is 12.2 Å². The van der Waals surface area contributed by atoms with Gasteiger partial charge in [-0.2, -0.15) is 8.78 Å². The topological polar surface area (TPSA) is 26.3 Å². The first-order valence-corrected chi connectivity index (χ1v) is 5.77. The molecule has 2 nitrogen and oxygen atoms in total. The van der Waals surface area contributed by atoms with E-state index >= 15 is 0 Å². The van der Waals surface area contributed by atoms with E-state index in [2.05, 4.69) is 11.7 Å². The maximum absolute atomic E-state index is 13.0. The van der Waals surface area contributed by atoms with Crippen molar-refractivity contribution in [3.63, 3.8) is 0 Å². The van der Waals surface area contributed by atoms with Crippen molar-refractivity contribution in [2.24, 2.45) is 0 Å². The summed E-state index contributed by atoms with van der Waals surface area (Å²) in [5.74, 6) is -4.96. The predicted molar refractivity (Wildman–Crippen MR) is 59.5 cm³/mol. The molecule has 0 bridgehead atoms. The summed E-state index contributed by atoms with van der Waals surface area (Å²) in [5.41, 5.74) is 0. The number of carbonyl (C=O) groups is 1. The summed E-state index contributed by atoms with van der Waals surface area (Å²) < 4.78 is 30.3. The minimum absolute atomic E-state index is 0.0290. The van der Waals surface area contributed by atoms with Gasteiger partial charge in [-0.1, -0.05) is 32.3 Å². The highest BCUT2D eigenvalue weighted by Gasteiger charge is 2.37. The molecule has 0 aliphatic heterocycles. The van der Waals surface area contributed by atoms with Crippen molar-refractivity contribution in [2.75, 3.05) is 6.61 Å². The van der Waals surface area contributed by atoms with E-state index in [1.165, 1.54) is 13.0 Å². The number of esters is 1. The lowest BCUT2D eigenvalue weighted by Gasteiger charge is -2.09. The van der Waals surface area contributed by atoms with E-state index in [1.807, 2.05) is 0 Å². The summed E-state index contributed by atoms with van der Waals surface area (Å²) >= 11 is 0. The van der Waals surface area contributed by atoms with Crippen LogP contribution in [-0.2, 0) is 9.53 Å². The summed E-state index contributed by atoms with van der Waals surface area (Å²) in [7, 11) is 0. The number of rotatable bonds is 8. The Morgan fingerprint density at radius 3 is 2.50 bits per heavy atom. The second kappa shape index (κ2) is 8.25. The molecule has 0 rings (SSSR count). The Balaban J connectivity index is 3.86. The van der Waals surface area contributed by atoms with Crippen molar-refractivity contribution in [2.45, 2.75) is 51.9 Å². The summed E-state index contributed by atoms with van der Waals surface area (Å²) in [4.78, 5) is 10.8. The standard InChI is InChI=1S/C12H20F2O2/c1-3-5-6-7-8-9-10-12(13,14)11(15)16-4-2/h9-10H,3-8H2,1-2H3/b10-9+. The molecule has 0 aliphatic rings. The highest BCUT2D eigenvalue weighted by atomic mass is 19.3. The van der Waals surface area contributed by atoms with Crippen LogP contribution < -0.4 is 0 Å². The molecule has 0 amide bonds. The molecule has 0 aliphatic carbocycles. The highest BCUT2D eigenvalue weighted by molar-refractivity contribution is 5.79. The second-order valence-corrected chi connectivity index (χ2v) is 3.60. The van der Waals surface area contributed by atoms with E-state index < -0.39 is 11.9 Å². The number of ether oxygens (including phenoxy) is 1. The SMILES string of the molecule is CCCCCC/C=C/C(F)(F)C(=O)OCC. The van der Waals surface area contributed by atoms with Crippen LogP contribution >= 0.6 is 0 Å². The molecular formula is C12H20F2O2. The Morgan fingerprint density at radius 2 is 1.94 bits per heavy atom. The van der Waals surface area contributed by atoms with Gasteiger partial charge in [-0.3, -0.25) is 0 Å². The Kier molecular flexibility index (Phi) is 7.77. The van der Waals surface area contributed by atoms with Crippen LogP contribution in [0.5, 0.6) is 0 Å². The van der Waals surface area contributed by atoms with E-state index in [-0.39, 0.29) is 6.61 Å². The molecule has 0 radical (unpaired) electrons. The average Bonchev–Trinajstić information content (AvgIpc) is 2.23.